The summed E-state index contributed by atoms with van der Waals surface area (Å²) in [7, 11) is 1.66. The van der Waals surface area contributed by atoms with Crippen molar-refractivity contribution in [3.63, 3.8) is 0 Å². The van der Waals surface area contributed by atoms with Crippen molar-refractivity contribution in [1.82, 2.24) is 15.1 Å². The van der Waals surface area contributed by atoms with Gasteiger partial charge in [-0.05, 0) is 29.1 Å². The number of amides is 2. The molecule has 6 nitrogen and oxygen atoms in total. The van der Waals surface area contributed by atoms with Crippen LogP contribution in [0.1, 0.15) is 15.2 Å². The predicted octanol–water partition coefficient (Wildman–Crippen LogP) is 1.83. The fraction of sp³-hybridized carbons (Fsp3) is 0.368. The summed E-state index contributed by atoms with van der Waals surface area (Å²) in [5.41, 5.74) is 1.23. The number of piperazine rings is 1. The lowest BCUT2D eigenvalue weighted by atomic mass is 10.2. The molecular weight excluding hydrogens is 350 g/mol. The second-order valence-electron chi connectivity index (χ2n) is 6.16. The molecule has 0 radical (unpaired) electrons. The fourth-order valence-electron chi connectivity index (χ4n) is 2.91. The Balaban J connectivity index is 1.41. The van der Waals surface area contributed by atoms with Crippen LogP contribution in [0.15, 0.2) is 41.8 Å². The molecule has 0 bridgehead atoms. The first-order chi connectivity index (χ1) is 12.7. The Morgan fingerprint density at radius 2 is 1.85 bits per heavy atom. The molecule has 1 aliphatic heterocycles. The molecule has 138 valence electrons. The lowest BCUT2D eigenvalue weighted by Crippen LogP contribution is -2.50. The maximum atomic E-state index is 12.3. The molecule has 2 heterocycles. The van der Waals surface area contributed by atoms with Crippen LogP contribution in [0.3, 0.4) is 0 Å². The minimum Gasteiger partial charge on any atom is -0.497 e. The number of hydrogen-bond donors (Lipinski definition) is 1. The van der Waals surface area contributed by atoms with Crippen molar-refractivity contribution in [3.05, 3.63) is 52.2 Å². The zero-order chi connectivity index (χ0) is 18.4. The van der Waals surface area contributed by atoms with Crippen molar-refractivity contribution in [1.29, 1.82) is 0 Å². The van der Waals surface area contributed by atoms with Crippen LogP contribution in [-0.2, 0) is 11.3 Å². The van der Waals surface area contributed by atoms with Crippen molar-refractivity contribution in [2.75, 3.05) is 39.8 Å². The molecule has 1 saturated heterocycles. The summed E-state index contributed by atoms with van der Waals surface area (Å²) < 4.78 is 5.18. The summed E-state index contributed by atoms with van der Waals surface area (Å²) in [4.78, 5) is 29.0. The van der Waals surface area contributed by atoms with Crippen LogP contribution in [0.4, 0.5) is 0 Å². The average molecular weight is 373 g/mol. The monoisotopic (exact) mass is 373 g/mol. The Kier molecular flexibility index (Phi) is 6.25. The Bertz CT molecular complexity index is 723. The zero-order valence-electron chi connectivity index (χ0n) is 14.8. The van der Waals surface area contributed by atoms with Crippen molar-refractivity contribution >= 4 is 23.2 Å². The third-order valence-corrected chi connectivity index (χ3v) is 5.30. The number of benzene rings is 1. The Labute approximate surface area is 157 Å². The maximum absolute atomic E-state index is 12.3. The van der Waals surface area contributed by atoms with Crippen LogP contribution < -0.4 is 10.1 Å². The molecule has 0 unspecified atom stereocenters. The van der Waals surface area contributed by atoms with Crippen molar-refractivity contribution in [2.24, 2.45) is 0 Å². The van der Waals surface area contributed by atoms with Gasteiger partial charge in [-0.3, -0.25) is 14.5 Å². The summed E-state index contributed by atoms with van der Waals surface area (Å²) in [6, 6.07) is 11.6. The van der Waals surface area contributed by atoms with E-state index in [-0.39, 0.29) is 18.4 Å². The van der Waals surface area contributed by atoms with E-state index in [4.69, 9.17) is 4.74 Å². The third kappa shape index (κ3) is 4.83. The average Bonchev–Trinajstić information content (AvgIpc) is 3.22. The number of nitrogens with zero attached hydrogens (tertiary/aromatic N) is 2. The summed E-state index contributed by atoms with van der Waals surface area (Å²) >= 11 is 1.37. The summed E-state index contributed by atoms with van der Waals surface area (Å²) in [5, 5.41) is 4.54. The van der Waals surface area contributed by atoms with E-state index >= 15 is 0 Å². The first-order valence-electron chi connectivity index (χ1n) is 8.60. The smallest absolute Gasteiger partial charge is 0.261 e. The highest BCUT2D eigenvalue weighted by Crippen LogP contribution is 2.14. The van der Waals surface area contributed by atoms with Gasteiger partial charge < -0.3 is 15.0 Å². The van der Waals surface area contributed by atoms with Gasteiger partial charge in [-0.2, -0.15) is 0 Å². The van der Waals surface area contributed by atoms with Gasteiger partial charge in [0.1, 0.15) is 5.75 Å². The van der Waals surface area contributed by atoms with E-state index in [1.165, 1.54) is 16.9 Å². The molecule has 0 spiro atoms. The first-order valence-corrected chi connectivity index (χ1v) is 9.48. The van der Waals surface area contributed by atoms with Crippen LogP contribution in [0.5, 0.6) is 5.75 Å². The number of carbonyl (C=O) groups excluding carboxylic acids is 2. The largest absolute Gasteiger partial charge is 0.497 e. The fourth-order valence-corrected chi connectivity index (χ4v) is 3.55. The lowest BCUT2D eigenvalue weighted by Gasteiger charge is -2.34. The van der Waals surface area contributed by atoms with E-state index in [1.807, 2.05) is 28.5 Å². The molecular formula is C19H23N3O3S. The highest BCUT2D eigenvalue weighted by Gasteiger charge is 2.21. The standard InChI is InChI=1S/C19H23N3O3S/c1-25-16-6-4-15(5-7-16)14-21-8-10-22(11-9-21)18(23)13-20-19(24)17-3-2-12-26-17/h2-7,12H,8-11,13-14H2,1H3,(H,20,24). The van der Waals surface area contributed by atoms with Gasteiger partial charge in [-0.25, -0.2) is 0 Å². The molecule has 0 aliphatic carbocycles. The summed E-state index contributed by atoms with van der Waals surface area (Å²) in [6.45, 7) is 3.94. The number of rotatable bonds is 6. The van der Waals surface area contributed by atoms with Crippen LogP contribution >= 0.6 is 11.3 Å². The topological polar surface area (TPSA) is 61.9 Å². The molecule has 2 aromatic rings. The van der Waals surface area contributed by atoms with Crippen molar-refractivity contribution < 1.29 is 14.3 Å². The van der Waals surface area contributed by atoms with Crippen molar-refractivity contribution in [3.8, 4) is 5.75 Å². The second-order valence-corrected chi connectivity index (χ2v) is 7.11. The number of thiophene rings is 1. The van der Waals surface area contributed by atoms with Gasteiger partial charge >= 0.3 is 0 Å². The molecule has 0 saturated carbocycles. The quantitative estimate of drug-likeness (QED) is 0.839. The zero-order valence-corrected chi connectivity index (χ0v) is 15.6. The van der Waals surface area contributed by atoms with Gasteiger partial charge in [0.25, 0.3) is 5.91 Å². The minimum absolute atomic E-state index is 0.0287. The highest BCUT2D eigenvalue weighted by atomic mass is 32.1. The van der Waals surface area contributed by atoms with Gasteiger partial charge in [0.2, 0.25) is 5.91 Å². The van der Waals surface area contributed by atoms with Gasteiger partial charge in [0.15, 0.2) is 0 Å². The highest BCUT2D eigenvalue weighted by molar-refractivity contribution is 7.12. The van der Waals surface area contributed by atoms with E-state index in [9.17, 15) is 9.59 Å². The van der Waals surface area contributed by atoms with Gasteiger partial charge in [0, 0.05) is 32.7 Å². The van der Waals surface area contributed by atoms with Gasteiger partial charge in [-0.1, -0.05) is 18.2 Å². The van der Waals surface area contributed by atoms with Crippen LogP contribution in [0.25, 0.3) is 0 Å². The number of ether oxygens (including phenoxy) is 1. The molecule has 26 heavy (non-hydrogen) atoms. The summed E-state index contributed by atoms with van der Waals surface area (Å²) in [6.07, 6.45) is 0. The molecule has 1 fully saturated rings. The molecule has 0 atom stereocenters. The normalized spacial score (nSPS) is 14.9. The number of hydrogen-bond acceptors (Lipinski definition) is 5. The number of carbonyl (C=O) groups is 2. The molecule has 3 rings (SSSR count). The minimum atomic E-state index is -0.188. The van der Waals surface area contributed by atoms with Crippen molar-refractivity contribution in [2.45, 2.75) is 6.54 Å². The predicted molar refractivity (Wildman–Crippen MR) is 102 cm³/mol. The van der Waals surface area contributed by atoms with E-state index in [0.717, 1.165) is 25.4 Å². The Hall–Kier alpha value is -2.38. The number of nitrogens with one attached hydrogen (secondary N) is 1. The van der Waals surface area contributed by atoms with E-state index < -0.39 is 0 Å². The van der Waals surface area contributed by atoms with Gasteiger partial charge in [-0.15, -0.1) is 11.3 Å². The molecule has 7 heteroatoms. The first kappa shape index (κ1) is 18.4. The SMILES string of the molecule is COc1ccc(CN2CCN(C(=O)CNC(=O)c3cccs3)CC2)cc1. The molecule has 1 aromatic carbocycles. The van der Waals surface area contributed by atoms with E-state index in [0.29, 0.717) is 18.0 Å². The molecule has 1 N–H and O–H groups in total. The molecule has 2 amide bonds. The third-order valence-electron chi connectivity index (χ3n) is 4.44. The Morgan fingerprint density at radius 3 is 2.46 bits per heavy atom. The Morgan fingerprint density at radius 1 is 1.12 bits per heavy atom. The molecule has 1 aliphatic rings. The van der Waals surface area contributed by atoms with Crippen LogP contribution in [0, 0.1) is 0 Å². The molecule has 1 aromatic heterocycles. The maximum Gasteiger partial charge on any atom is 0.261 e. The van der Waals surface area contributed by atoms with E-state index in [1.54, 1.807) is 13.2 Å². The van der Waals surface area contributed by atoms with Gasteiger partial charge in [0.05, 0.1) is 18.5 Å². The second kappa shape index (κ2) is 8.82. The summed E-state index contributed by atoms with van der Waals surface area (Å²) in [5.74, 6) is 0.638. The van der Waals surface area contributed by atoms with Crippen LogP contribution in [-0.4, -0.2) is 61.4 Å². The number of methoxy groups -OCH3 is 1. The van der Waals surface area contributed by atoms with E-state index in [2.05, 4.69) is 22.3 Å². The van der Waals surface area contributed by atoms with Crippen LogP contribution in [0.2, 0.25) is 0 Å². The lowest BCUT2D eigenvalue weighted by molar-refractivity contribution is -0.131.